The average Bonchev–Trinajstić information content (AvgIpc) is 3.14. The van der Waals surface area contributed by atoms with E-state index >= 15 is 0 Å². The maximum absolute atomic E-state index is 6.89. The summed E-state index contributed by atoms with van der Waals surface area (Å²) in [5.74, 6) is 0.973. The summed E-state index contributed by atoms with van der Waals surface area (Å²) in [6, 6.07) is 50.8. The quantitative estimate of drug-likeness (QED) is 0.177. The summed E-state index contributed by atoms with van der Waals surface area (Å²) in [6.45, 7) is 1.47. The number of allylic oxidation sites excluding steroid dienone is 2. The number of ether oxygens (including phenoxy) is 2. The van der Waals surface area contributed by atoms with Gasteiger partial charge in [0, 0.05) is 17.7 Å². The Morgan fingerprint density at radius 3 is 1.62 bits per heavy atom. The summed E-state index contributed by atoms with van der Waals surface area (Å²) in [4.78, 5) is 0. The molecule has 0 bridgehead atoms. The Bertz CT molecular complexity index is 1670. The Morgan fingerprint density at radius 1 is 0.511 bits per heavy atom. The molecule has 5 aromatic rings. The summed E-state index contributed by atoms with van der Waals surface area (Å²) in [7, 11) is -1.72. The summed E-state index contributed by atoms with van der Waals surface area (Å²) < 4.78 is 13.7. The Kier molecular flexibility index (Phi) is 9.65. The number of rotatable bonds is 6. The lowest BCUT2D eigenvalue weighted by Gasteiger charge is -2.33. The maximum atomic E-state index is 6.89. The second kappa shape index (κ2) is 14.5. The van der Waals surface area contributed by atoms with Gasteiger partial charge in [-0.3, -0.25) is 0 Å². The van der Waals surface area contributed by atoms with Gasteiger partial charge in [0.05, 0.1) is 12.7 Å². The summed E-state index contributed by atoms with van der Waals surface area (Å²) in [5, 5.41) is 8.03. The highest BCUT2D eigenvalue weighted by Gasteiger charge is 2.34. The highest BCUT2D eigenvalue weighted by atomic mass is 31.1. The minimum atomic E-state index is -0.869. The van der Waals surface area contributed by atoms with Crippen molar-refractivity contribution in [2.24, 2.45) is 0 Å². The average molecular weight is 625 g/mol. The second-order valence-electron chi connectivity index (χ2n) is 11.4. The lowest BCUT2D eigenvalue weighted by molar-refractivity contribution is 0.0895. The zero-order valence-corrected chi connectivity index (χ0v) is 27.3. The molecule has 2 aliphatic rings. The van der Waals surface area contributed by atoms with E-state index in [9.17, 15) is 0 Å². The van der Waals surface area contributed by atoms with Crippen molar-refractivity contribution in [3.8, 4) is 5.75 Å². The van der Waals surface area contributed by atoms with Crippen LogP contribution in [-0.2, 0) is 4.74 Å². The minimum absolute atomic E-state index is 0.0487. The van der Waals surface area contributed by atoms with Gasteiger partial charge in [-0.2, -0.15) is 0 Å². The third-order valence-electron chi connectivity index (χ3n) is 8.40. The molecule has 1 aliphatic carbocycles. The molecule has 1 aliphatic heterocycles. The SMILES string of the molecule is C1=CC(P(c2ccccc2)c2ccccc2)=C2c3c(cccc3P(c3ccccc3)c3ccccc3)OCCCCCO[C@H]2C1. The van der Waals surface area contributed by atoms with E-state index in [2.05, 4.69) is 152 Å². The molecule has 2 nitrogen and oxygen atoms in total. The smallest absolute Gasteiger partial charge is 0.127 e. The summed E-state index contributed by atoms with van der Waals surface area (Å²) in [6.07, 6.45) is 8.71. The first-order valence-electron chi connectivity index (χ1n) is 16.0. The molecule has 0 aromatic heterocycles. The van der Waals surface area contributed by atoms with Crippen molar-refractivity contribution in [3.63, 3.8) is 0 Å². The highest BCUT2D eigenvalue weighted by molar-refractivity contribution is 7.80. The number of benzene rings is 5. The fourth-order valence-electron chi connectivity index (χ4n) is 6.36. The van der Waals surface area contributed by atoms with Crippen LogP contribution in [0.5, 0.6) is 5.75 Å². The molecule has 45 heavy (non-hydrogen) atoms. The van der Waals surface area contributed by atoms with Gasteiger partial charge < -0.3 is 9.47 Å². The maximum Gasteiger partial charge on any atom is 0.127 e. The van der Waals surface area contributed by atoms with Crippen molar-refractivity contribution in [1.82, 2.24) is 0 Å². The monoisotopic (exact) mass is 624 g/mol. The largest absolute Gasteiger partial charge is 0.493 e. The van der Waals surface area contributed by atoms with Crippen molar-refractivity contribution in [2.75, 3.05) is 13.2 Å². The number of hydrogen-bond donors (Lipinski definition) is 0. The number of fused-ring (bicyclic) bond motifs is 3. The van der Waals surface area contributed by atoms with Crippen molar-refractivity contribution in [1.29, 1.82) is 0 Å². The molecule has 0 N–H and O–H groups in total. The Balaban J connectivity index is 1.55. The fourth-order valence-corrected chi connectivity index (χ4v) is 11.4. The van der Waals surface area contributed by atoms with Crippen molar-refractivity contribution in [3.05, 3.63) is 163 Å². The number of hydrogen-bond acceptors (Lipinski definition) is 2. The fraction of sp³-hybridized carbons (Fsp3) is 0.171. The molecule has 0 radical (unpaired) electrons. The first-order valence-corrected chi connectivity index (χ1v) is 18.7. The van der Waals surface area contributed by atoms with Gasteiger partial charge in [0.25, 0.3) is 0 Å². The van der Waals surface area contributed by atoms with E-state index in [0.717, 1.165) is 38.0 Å². The predicted molar refractivity (Wildman–Crippen MR) is 194 cm³/mol. The molecule has 0 amide bonds. The van der Waals surface area contributed by atoms with Gasteiger partial charge in [0.15, 0.2) is 0 Å². The van der Waals surface area contributed by atoms with E-state index in [0.29, 0.717) is 6.61 Å². The molecule has 1 heterocycles. The molecule has 0 saturated heterocycles. The first kappa shape index (κ1) is 29.9. The molecule has 0 saturated carbocycles. The van der Waals surface area contributed by atoms with Crippen LogP contribution in [0.1, 0.15) is 31.2 Å². The van der Waals surface area contributed by atoms with Gasteiger partial charge in [0.2, 0.25) is 0 Å². The predicted octanol–water partition coefficient (Wildman–Crippen LogP) is 8.20. The van der Waals surface area contributed by atoms with Gasteiger partial charge in [-0.1, -0.05) is 146 Å². The van der Waals surface area contributed by atoms with Crippen LogP contribution in [0.25, 0.3) is 5.57 Å². The van der Waals surface area contributed by atoms with Crippen LogP contribution in [0.2, 0.25) is 0 Å². The molecule has 4 heteroatoms. The van der Waals surface area contributed by atoms with Crippen LogP contribution in [0.15, 0.2) is 157 Å². The third-order valence-corrected chi connectivity index (χ3v) is 13.4. The normalized spacial score (nSPS) is 16.9. The van der Waals surface area contributed by atoms with Gasteiger partial charge in [-0.05, 0) is 79.4 Å². The lowest BCUT2D eigenvalue weighted by atomic mass is 9.93. The molecular formula is C41H38O2P2. The van der Waals surface area contributed by atoms with Gasteiger partial charge in [-0.25, -0.2) is 0 Å². The van der Waals surface area contributed by atoms with Gasteiger partial charge in [-0.15, -0.1) is 0 Å². The summed E-state index contributed by atoms with van der Waals surface area (Å²) in [5.41, 5.74) is 2.52. The van der Waals surface area contributed by atoms with Crippen molar-refractivity contribution in [2.45, 2.75) is 31.8 Å². The Hall–Kier alpha value is -3.80. The van der Waals surface area contributed by atoms with E-state index in [1.54, 1.807) is 0 Å². The van der Waals surface area contributed by atoms with Crippen LogP contribution in [0, 0.1) is 0 Å². The van der Waals surface area contributed by atoms with Crippen molar-refractivity contribution >= 4 is 47.9 Å². The van der Waals surface area contributed by atoms with E-state index in [4.69, 9.17) is 9.47 Å². The second-order valence-corrected chi connectivity index (χ2v) is 15.7. The van der Waals surface area contributed by atoms with Crippen LogP contribution in [0.3, 0.4) is 0 Å². The van der Waals surface area contributed by atoms with Crippen LogP contribution < -0.4 is 31.3 Å². The van der Waals surface area contributed by atoms with Crippen molar-refractivity contribution < 1.29 is 9.47 Å². The standard InChI is InChI=1S/C41H38O2P2/c1-6-18-32(19-7-1)44(33-20-8-2-9-21-33)38-28-16-26-36-40(38)41-37(43-31-15-5-14-30-42-36)27-17-29-39(41)45(34-22-10-3-11-23-34)35-24-12-4-13-25-35/h1-4,6-13,16-26,28-29,37H,5,14-15,27,30-31H2/t37-/m0/s1. The third kappa shape index (κ3) is 6.61. The Morgan fingerprint density at radius 2 is 1.04 bits per heavy atom. The molecule has 1 atom stereocenters. The van der Waals surface area contributed by atoms with Gasteiger partial charge in [0.1, 0.15) is 5.75 Å². The molecule has 224 valence electrons. The first-order chi connectivity index (χ1) is 22.4. The zero-order chi connectivity index (χ0) is 30.3. The molecule has 5 aromatic carbocycles. The zero-order valence-electron chi connectivity index (χ0n) is 25.5. The van der Waals surface area contributed by atoms with E-state index < -0.39 is 15.8 Å². The van der Waals surface area contributed by atoms with E-state index in [1.165, 1.54) is 43.0 Å². The highest BCUT2D eigenvalue weighted by Crippen LogP contribution is 2.52. The Labute approximate surface area is 270 Å². The molecular weight excluding hydrogens is 586 g/mol. The van der Waals surface area contributed by atoms with Gasteiger partial charge >= 0.3 is 0 Å². The molecule has 0 fully saturated rings. The van der Waals surface area contributed by atoms with E-state index in [1.807, 2.05) is 0 Å². The van der Waals surface area contributed by atoms with Crippen LogP contribution in [-0.4, -0.2) is 19.3 Å². The lowest BCUT2D eigenvalue weighted by Crippen LogP contribution is -2.28. The molecule has 7 rings (SSSR count). The molecule has 0 spiro atoms. The van der Waals surface area contributed by atoms with Crippen LogP contribution in [0.4, 0.5) is 0 Å². The van der Waals surface area contributed by atoms with Crippen LogP contribution >= 0.6 is 15.8 Å². The van der Waals surface area contributed by atoms with E-state index in [-0.39, 0.29) is 6.10 Å². The summed E-state index contributed by atoms with van der Waals surface area (Å²) >= 11 is 0. The topological polar surface area (TPSA) is 18.5 Å². The minimum Gasteiger partial charge on any atom is -0.493 e. The molecule has 0 unspecified atom stereocenters.